The molecule has 4 heteroatoms. The fraction of sp³-hybridized carbons (Fsp3) is 0.357. The maximum Gasteiger partial charge on any atom is 0.122 e. The van der Waals surface area contributed by atoms with Crippen LogP contribution in [0.5, 0.6) is 0 Å². The van der Waals surface area contributed by atoms with Crippen LogP contribution in [0.4, 0.5) is 0 Å². The van der Waals surface area contributed by atoms with Crippen molar-refractivity contribution in [2.45, 2.75) is 25.9 Å². The largest absolute Gasteiger partial charge is 0.382 e. The highest BCUT2D eigenvalue weighted by Crippen LogP contribution is 2.28. The summed E-state index contributed by atoms with van der Waals surface area (Å²) in [4.78, 5) is 0. The van der Waals surface area contributed by atoms with Gasteiger partial charge in [-0.15, -0.1) is 0 Å². The van der Waals surface area contributed by atoms with Crippen LogP contribution in [0.15, 0.2) is 34.9 Å². The molecule has 96 valence electrons. The molecule has 0 aliphatic rings. The smallest absolute Gasteiger partial charge is 0.122 e. The number of benzene rings is 1. The van der Waals surface area contributed by atoms with Crippen molar-refractivity contribution in [1.82, 2.24) is 9.78 Å². The fourth-order valence-corrected chi connectivity index (χ4v) is 2.51. The topological polar surface area (TPSA) is 38.1 Å². The van der Waals surface area contributed by atoms with Crippen molar-refractivity contribution in [2.75, 3.05) is 0 Å². The van der Waals surface area contributed by atoms with E-state index in [1.165, 1.54) is 5.56 Å². The van der Waals surface area contributed by atoms with Gasteiger partial charge in [0.15, 0.2) is 0 Å². The molecule has 1 atom stereocenters. The number of aliphatic hydroxyl groups excluding tert-OH is 1. The van der Waals surface area contributed by atoms with Crippen LogP contribution < -0.4 is 0 Å². The number of halogens is 1. The molecule has 2 aromatic rings. The minimum atomic E-state index is -0.659. The van der Waals surface area contributed by atoms with Gasteiger partial charge in [0.1, 0.15) is 6.10 Å². The van der Waals surface area contributed by atoms with E-state index in [1.807, 2.05) is 19.2 Å². The van der Waals surface area contributed by atoms with Crippen LogP contribution in [0.1, 0.15) is 42.7 Å². The van der Waals surface area contributed by atoms with Gasteiger partial charge in [0, 0.05) is 7.05 Å². The minimum absolute atomic E-state index is 0.500. The summed E-state index contributed by atoms with van der Waals surface area (Å²) in [5.41, 5.74) is 2.92. The molecule has 0 saturated carbocycles. The summed E-state index contributed by atoms with van der Waals surface area (Å²) in [6.07, 6.45) is 1.04. The zero-order valence-electron chi connectivity index (χ0n) is 10.8. The SMILES string of the molecule is CC(C)c1ccc(C(O)c2c(Br)cnn2C)cc1. The number of aromatic nitrogens is 2. The van der Waals surface area contributed by atoms with Crippen molar-refractivity contribution in [1.29, 1.82) is 0 Å². The number of hydrogen-bond acceptors (Lipinski definition) is 2. The average molecular weight is 309 g/mol. The first-order valence-electron chi connectivity index (χ1n) is 5.96. The Morgan fingerprint density at radius 3 is 2.17 bits per heavy atom. The van der Waals surface area contributed by atoms with Crippen LogP contribution in [0.2, 0.25) is 0 Å². The van der Waals surface area contributed by atoms with Gasteiger partial charge in [0.05, 0.1) is 16.4 Å². The monoisotopic (exact) mass is 308 g/mol. The van der Waals surface area contributed by atoms with Crippen molar-refractivity contribution in [3.8, 4) is 0 Å². The molecule has 0 aliphatic carbocycles. The third-order valence-corrected chi connectivity index (χ3v) is 3.73. The Bertz CT molecular complexity index is 512. The average Bonchev–Trinajstić information content (AvgIpc) is 2.68. The molecule has 1 heterocycles. The molecule has 1 unspecified atom stereocenters. The van der Waals surface area contributed by atoms with E-state index < -0.39 is 6.10 Å². The van der Waals surface area contributed by atoms with E-state index >= 15 is 0 Å². The third-order valence-electron chi connectivity index (χ3n) is 3.12. The lowest BCUT2D eigenvalue weighted by molar-refractivity contribution is 0.209. The van der Waals surface area contributed by atoms with E-state index in [-0.39, 0.29) is 0 Å². The Labute approximate surface area is 116 Å². The van der Waals surface area contributed by atoms with Gasteiger partial charge in [-0.25, -0.2) is 0 Å². The summed E-state index contributed by atoms with van der Waals surface area (Å²) in [5.74, 6) is 0.500. The lowest BCUT2D eigenvalue weighted by atomic mass is 9.99. The molecule has 0 fully saturated rings. The first-order valence-corrected chi connectivity index (χ1v) is 6.75. The standard InChI is InChI=1S/C14H17BrN2O/c1-9(2)10-4-6-11(7-5-10)14(18)13-12(15)8-16-17(13)3/h4-9,14,18H,1-3H3. The van der Waals surface area contributed by atoms with Crippen molar-refractivity contribution in [3.63, 3.8) is 0 Å². The van der Waals surface area contributed by atoms with E-state index in [9.17, 15) is 5.11 Å². The Morgan fingerprint density at radius 2 is 1.72 bits per heavy atom. The summed E-state index contributed by atoms with van der Waals surface area (Å²) in [6, 6.07) is 8.07. The Morgan fingerprint density at radius 1 is 1.17 bits per heavy atom. The second-order valence-electron chi connectivity index (χ2n) is 4.73. The summed E-state index contributed by atoms with van der Waals surface area (Å²) in [5, 5.41) is 14.5. The normalized spacial score (nSPS) is 13.0. The number of rotatable bonds is 3. The second kappa shape index (κ2) is 5.24. The number of aliphatic hydroxyl groups is 1. The van der Waals surface area contributed by atoms with Gasteiger partial charge in [-0.1, -0.05) is 38.1 Å². The summed E-state index contributed by atoms with van der Waals surface area (Å²) >= 11 is 3.41. The van der Waals surface area contributed by atoms with Crippen LogP contribution in [0.25, 0.3) is 0 Å². The van der Waals surface area contributed by atoms with Crippen molar-refractivity contribution in [3.05, 3.63) is 51.8 Å². The minimum Gasteiger partial charge on any atom is -0.382 e. The molecule has 1 N–H and O–H groups in total. The van der Waals surface area contributed by atoms with Crippen molar-refractivity contribution >= 4 is 15.9 Å². The molecule has 0 aliphatic heterocycles. The van der Waals surface area contributed by atoms with E-state index in [1.54, 1.807) is 10.9 Å². The van der Waals surface area contributed by atoms with E-state index in [0.717, 1.165) is 15.7 Å². The Kier molecular flexibility index (Phi) is 3.88. The van der Waals surface area contributed by atoms with Gasteiger partial charge in [0.2, 0.25) is 0 Å². The molecule has 0 amide bonds. The highest BCUT2D eigenvalue weighted by atomic mass is 79.9. The fourth-order valence-electron chi connectivity index (χ4n) is 1.95. The lowest BCUT2D eigenvalue weighted by Gasteiger charge is -2.13. The van der Waals surface area contributed by atoms with Gasteiger partial charge < -0.3 is 5.11 Å². The zero-order valence-corrected chi connectivity index (χ0v) is 12.3. The van der Waals surface area contributed by atoms with E-state index in [4.69, 9.17) is 0 Å². The van der Waals surface area contributed by atoms with Gasteiger partial charge >= 0.3 is 0 Å². The molecule has 0 saturated heterocycles. The van der Waals surface area contributed by atoms with Crippen LogP contribution in [-0.2, 0) is 7.05 Å². The van der Waals surface area contributed by atoms with Crippen LogP contribution in [0, 0.1) is 0 Å². The number of aryl methyl sites for hydroxylation is 1. The molecule has 0 radical (unpaired) electrons. The maximum atomic E-state index is 10.4. The molecule has 1 aromatic carbocycles. The molecule has 2 rings (SSSR count). The van der Waals surface area contributed by atoms with Crippen LogP contribution >= 0.6 is 15.9 Å². The van der Waals surface area contributed by atoms with E-state index in [0.29, 0.717) is 5.92 Å². The molecular weight excluding hydrogens is 292 g/mol. The Hall–Kier alpha value is -1.13. The van der Waals surface area contributed by atoms with Gasteiger partial charge in [-0.3, -0.25) is 4.68 Å². The number of hydrogen-bond donors (Lipinski definition) is 1. The first kappa shape index (κ1) is 13.3. The highest BCUT2D eigenvalue weighted by molar-refractivity contribution is 9.10. The Balaban J connectivity index is 2.32. The van der Waals surface area contributed by atoms with Crippen LogP contribution in [0.3, 0.4) is 0 Å². The molecule has 3 nitrogen and oxygen atoms in total. The number of nitrogens with zero attached hydrogens (tertiary/aromatic N) is 2. The molecule has 18 heavy (non-hydrogen) atoms. The van der Waals surface area contributed by atoms with Gasteiger partial charge in [0.25, 0.3) is 0 Å². The van der Waals surface area contributed by atoms with Gasteiger partial charge in [-0.2, -0.15) is 5.10 Å². The molecule has 0 bridgehead atoms. The summed E-state index contributed by atoms with van der Waals surface area (Å²) < 4.78 is 2.51. The van der Waals surface area contributed by atoms with Crippen molar-refractivity contribution in [2.24, 2.45) is 7.05 Å². The third kappa shape index (κ3) is 2.49. The predicted octanol–water partition coefficient (Wildman–Crippen LogP) is 3.39. The lowest BCUT2D eigenvalue weighted by Crippen LogP contribution is -2.07. The predicted molar refractivity (Wildman–Crippen MR) is 75.5 cm³/mol. The second-order valence-corrected chi connectivity index (χ2v) is 5.58. The molecule has 1 aromatic heterocycles. The van der Waals surface area contributed by atoms with Crippen molar-refractivity contribution < 1.29 is 5.11 Å². The van der Waals surface area contributed by atoms with Gasteiger partial charge in [-0.05, 0) is 33.0 Å². The summed E-state index contributed by atoms with van der Waals surface area (Å²) in [7, 11) is 1.83. The maximum absolute atomic E-state index is 10.4. The van der Waals surface area contributed by atoms with Crippen LogP contribution in [-0.4, -0.2) is 14.9 Å². The molecular formula is C14H17BrN2O. The highest BCUT2D eigenvalue weighted by Gasteiger charge is 2.18. The van der Waals surface area contributed by atoms with E-state index in [2.05, 4.69) is 47.0 Å². The first-order chi connectivity index (χ1) is 8.50. The molecule has 0 spiro atoms. The zero-order chi connectivity index (χ0) is 13.3. The summed E-state index contributed by atoms with van der Waals surface area (Å²) in [6.45, 7) is 4.31. The quantitative estimate of drug-likeness (QED) is 0.944.